The Kier molecular flexibility index (Phi) is 6.34. The average molecular weight is 538 g/mol. The molecule has 0 amide bonds. The van der Waals surface area contributed by atoms with Gasteiger partial charge in [0.25, 0.3) is 5.56 Å². The normalized spacial score (nSPS) is 18.9. The summed E-state index contributed by atoms with van der Waals surface area (Å²) in [6.45, 7) is 0.987. The van der Waals surface area contributed by atoms with Crippen molar-refractivity contribution in [2.45, 2.75) is 50.6 Å². The van der Waals surface area contributed by atoms with Gasteiger partial charge in [-0.3, -0.25) is 9.36 Å². The first-order valence-corrected chi connectivity index (χ1v) is 13.7. The molecule has 40 heavy (non-hydrogen) atoms. The summed E-state index contributed by atoms with van der Waals surface area (Å²) in [4.78, 5) is 34.2. The zero-order valence-corrected chi connectivity index (χ0v) is 22.9. The Labute approximate surface area is 231 Å². The van der Waals surface area contributed by atoms with Gasteiger partial charge in [-0.05, 0) is 74.8 Å². The first-order chi connectivity index (χ1) is 19.3. The predicted molar refractivity (Wildman–Crippen MR) is 152 cm³/mol. The van der Waals surface area contributed by atoms with Crippen molar-refractivity contribution in [3.63, 3.8) is 0 Å². The summed E-state index contributed by atoms with van der Waals surface area (Å²) >= 11 is 0. The van der Waals surface area contributed by atoms with Crippen LogP contribution < -0.4 is 21.1 Å². The average Bonchev–Trinajstić information content (AvgIpc) is 3.76. The van der Waals surface area contributed by atoms with Crippen LogP contribution in [0.4, 0.5) is 11.4 Å². The van der Waals surface area contributed by atoms with E-state index in [0.717, 1.165) is 43.4 Å². The molecule has 0 aliphatic heterocycles. The molecule has 0 saturated heterocycles. The SMILES string of the molecule is CN(c1c(C#N)c(=O)n(C)c2ccc(C#N)nc12)C1CCC(N(CC2CC2)c2ccc3oc(=O)n(C)c3c2)CC1. The number of aryl methyl sites for hydroxylation is 2. The third kappa shape index (κ3) is 4.30. The number of benzene rings is 1. The van der Waals surface area contributed by atoms with Crippen molar-refractivity contribution in [2.24, 2.45) is 20.0 Å². The fourth-order valence-electron chi connectivity index (χ4n) is 6.18. The molecule has 2 fully saturated rings. The van der Waals surface area contributed by atoms with Crippen LogP contribution in [0.2, 0.25) is 0 Å². The van der Waals surface area contributed by atoms with E-state index in [-0.39, 0.29) is 28.6 Å². The Hall–Kier alpha value is -4.57. The second-order valence-electron chi connectivity index (χ2n) is 11.1. The maximum Gasteiger partial charge on any atom is 0.419 e. The van der Waals surface area contributed by atoms with Gasteiger partial charge in [-0.15, -0.1) is 0 Å². The van der Waals surface area contributed by atoms with Crippen LogP contribution in [0.5, 0.6) is 0 Å². The van der Waals surface area contributed by atoms with E-state index in [2.05, 4.69) is 34.2 Å². The van der Waals surface area contributed by atoms with Crippen molar-refractivity contribution < 1.29 is 4.42 Å². The molecule has 0 unspecified atom stereocenters. The third-order valence-electron chi connectivity index (χ3n) is 8.71. The summed E-state index contributed by atoms with van der Waals surface area (Å²) in [6, 6.07) is 14.0. The molecule has 3 aromatic heterocycles. The molecular weight excluding hydrogens is 506 g/mol. The second kappa shape index (κ2) is 9.87. The van der Waals surface area contributed by atoms with E-state index >= 15 is 0 Å². The van der Waals surface area contributed by atoms with Crippen LogP contribution >= 0.6 is 0 Å². The van der Waals surface area contributed by atoms with Crippen LogP contribution in [-0.4, -0.2) is 39.8 Å². The third-order valence-corrected chi connectivity index (χ3v) is 8.71. The molecule has 1 aromatic carbocycles. The van der Waals surface area contributed by atoms with Gasteiger partial charge in [0.05, 0.1) is 16.7 Å². The van der Waals surface area contributed by atoms with E-state index in [1.54, 1.807) is 30.8 Å². The topological polar surface area (TPSA) is 124 Å². The van der Waals surface area contributed by atoms with Gasteiger partial charge in [0.15, 0.2) is 5.58 Å². The number of rotatable bonds is 6. The molecule has 0 spiro atoms. The summed E-state index contributed by atoms with van der Waals surface area (Å²) in [5.41, 5.74) is 4.02. The molecule has 10 heteroatoms. The van der Waals surface area contributed by atoms with Crippen LogP contribution in [0.25, 0.3) is 22.1 Å². The molecule has 4 aromatic rings. The van der Waals surface area contributed by atoms with Gasteiger partial charge in [-0.2, -0.15) is 10.5 Å². The fourth-order valence-corrected chi connectivity index (χ4v) is 6.18. The monoisotopic (exact) mass is 537 g/mol. The number of nitriles is 2. The van der Waals surface area contributed by atoms with Crippen molar-refractivity contribution in [1.29, 1.82) is 10.5 Å². The van der Waals surface area contributed by atoms with E-state index in [1.807, 2.05) is 18.0 Å². The largest absolute Gasteiger partial charge is 0.419 e. The minimum Gasteiger partial charge on any atom is -0.408 e. The van der Waals surface area contributed by atoms with Gasteiger partial charge in [0.2, 0.25) is 0 Å². The number of hydrogen-bond donors (Lipinski definition) is 0. The Morgan fingerprint density at radius 1 is 0.950 bits per heavy atom. The molecule has 2 aliphatic rings. The molecule has 2 saturated carbocycles. The first-order valence-electron chi connectivity index (χ1n) is 13.7. The molecule has 2 aliphatic carbocycles. The number of aromatic nitrogens is 3. The lowest BCUT2D eigenvalue weighted by molar-refractivity contribution is 0.365. The van der Waals surface area contributed by atoms with Crippen LogP contribution in [-0.2, 0) is 14.1 Å². The van der Waals surface area contributed by atoms with E-state index < -0.39 is 0 Å². The molecule has 0 radical (unpaired) electrons. The zero-order chi connectivity index (χ0) is 28.1. The molecule has 6 rings (SSSR count). The lowest BCUT2D eigenvalue weighted by Gasteiger charge is -2.41. The van der Waals surface area contributed by atoms with Crippen molar-refractivity contribution in [3.8, 4) is 12.1 Å². The Balaban J connectivity index is 1.29. The highest BCUT2D eigenvalue weighted by molar-refractivity contribution is 5.92. The number of anilines is 2. The molecule has 3 heterocycles. The minimum atomic E-state index is -0.364. The summed E-state index contributed by atoms with van der Waals surface area (Å²) in [5.74, 6) is 0.329. The molecule has 204 valence electrons. The fraction of sp³-hybridized carbons (Fsp3) is 0.433. The zero-order valence-electron chi connectivity index (χ0n) is 22.9. The maximum atomic E-state index is 13.1. The predicted octanol–water partition coefficient (Wildman–Crippen LogP) is 3.79. The van der Waals surface area contributed by atoms with Gasteiger partial charge in [0, 0.05) is 45.5 Å². The highest BCUT2D eigenvalue weighted by Crippen LogP contribution is 2.38. The van der Waals surface area contributed by atoms with Gasteiger partial charge in [0.1, 0.15) is 28.9 Å². The minimum absolute atomic E-state index is 0.0524. The van der Waals surface area contributed by atoms with Crippen LogP contribution in [0.1, 0.15) is 49.8 Å². The highest BCUT2D eigenvalue weighted by Gasteiger charge is 2.34. The van der Waals surface area contributed by atoms with E-state index in [1.165, 1.54) is 17.4 Å². The Morgan fingerprint density at radius 2 is 1.68 bits per heavy atom. The number of fused-ring (bicyclic) bond motifs is 2. The summed E-state index contributed by atoms with van der Waals surface area (Å²) in [6.07, 6.45) is 6.15. The summed E-state index contributed by atoms with van der Waals surface area (Å²) in [7, 11) is 5.28. The molecule has 10 nitrogen and oxygen atoms in total. The lowest BCUT2D eigenvalue weighted by atomic mass is 9.88. The van der Waals surface area contributed by atoms with Crippen molar-refractivity contribution in [1.82, 2.24) is 14.1 Å². The molecular formula is C30H31N7O3. The van der Waals surface area contributed by atoms with Crippen LogP contribution in [0.15, 0.2) is 44.3 Å². The number of hydrogen-bond acceptors (Lipinski definition) is 8. The highest BCUT2D eigenvalue weighted by atomic mass is 16.4. The van der Waals surface area contributed by atoms with Gasteiger partial charge in [-0.1, -0.05) is 0 Å². The van der Waals surface area contributed by atoms with E-state index in [0.29, 0.717) is 34.3 Å². The van der Waals surface area contributed by atoms with Crippen molar-refractivity contribution in [3.05, 3.63) is 62.5 Å². The first kappa shape index (κ1) is 25.7. The summed E-state index contributed by atoms with van der Waals surface area (Å²) in [5, 5.41) is 19.4. The standard InChI is InChI=1S/C30H31N7O3/c1-34(28-23(16-32)29(38)35(2)24-12-6-19(15-31)33-27(24)28)20-7-9-21(10-8-20)37(17-18-4-5-18)22-11-13-26-25(14-22)36(3)30(39)40-26/h6,11-14,18,20-21H,4-5,7-10,17H2,1-3H3. The summed E-state index contributed by atoms with van der Waals surface area (Å²) < 4.78 is 8.33. The van der Waals surface area contributed by atoms with E-state index in [4.69, 9.17) is 4.42 Å². The van der Waals surface area contributed by atoms with E-state index in [9.17, 15) is 20.1 Å². The Bertz CT molecular complexity index is 1830. The van der Waals surface area contributed by atoms with Crippen molar-refractivity contribution >= 4 is 33.5 Å². The Morgan fingerprint density at radius 3 is 2.35 bits per heavy atom. The maximum absolute atomic E-state index is 13.1. The van der Waals surface area contributed by atoms with Gasteiger partial charge in [-0.25, -0.2) is 9.78 Å². The van der Waals surface area contributed by atoms with Crippen LogP contribution in [0.3, 0.4) is 0 Å². The molecule has 0 bridgehead atoms. The quantitative estimate of drug-likeness (QED) is 0.364. The number of oxazole rings is 1. The van der Waals surface area contributed by atoms with Crippen LogP contribution in [0, 0.1) is 28.6 Å². The van der Waals surface area contributed by atoms with Gasteiger partial charge < -0.3 is 18.8 Å². The smallest absolute Gasteiger partial charge is 0.408 e. The van der Waals surface area contributed by atoms with Crippen molar-refractivity contribution in [2.75, 3.05) is 23.4 Å². The molecule has 0 atom stereocenters. The second-order valence-corrected chi connectivity index (χ2v) is 11.1. The van der Waals surface area contributed by atoms with Gasteiger partial charge >= 0.3 is 5.76 Å². The number of nitrogens with zero attached hydrogens (tertiary/aromatic N) is 7. The number of pyridine rings is 2. The lowest BCUT2D eigenvalue weighted by Crippen LogP contribution is -2.44. The molecule has 0 N–H and O–H groups in total.